The van der Waals surface area contributed by atoms with Gasteiger partial charge in [-0.3, -0.25) is 4.90 Å². The van der Waals surface area contributed by atoms with Crippen LogP contribution in [0.5, 0.6) is 0 Å². The molecule has 4 bridgehead atoms. The van der Waals surface area contributed by atoms with Crippen LogP contribution in [0.2, 0.25) is 0 Å². The first-order valence-corrected chi connectivity index (χ1v) is 11.6. The normalized spacial score (nSPS) is 41.9. The van der Waals surface area contributed by atoms with E-state index in [1.165, 1.54) is 64.2 Å². The minimum atomic E-state index is 0.576. The summed E-state index contributed by atoms with van der Waals surface area (Å²) in [6, 6.07) is 11.3. The summed E-state index contributed by atoms with van der Waals surface area (Å²) < 4.78 is 0. The highest BCUT2D eigenvalue weighted by Crippen LogP contribution is 2.47. The number of hydrogen-bond donors (Lipinski definition) is 2. The average Bonchev–Trinajstić information content (AvgIpc) is 2.66. The predicted molar refractivity (Wildman–Crippen MR) is 114 cm³/mol. The Morgan fingerprint density at radius 3 is 2.44 bits per heavy atom. The van der Waals surface area contributed by atoms with Crippen LogP contribution in [0.4, 0.5) is 11.4 Å². The second kappa shape index (κ2) is 7.31. The molecule has 0 unspecified atom stereocenters. The van der Waals surface area contributed by atoms with Gasteiger partial charge in [0.15, 0.2) is 0 Å². The fraction of sp³-hybridized carbons (Fsp3) is 0.750. The van der Waals surface area contributed by atoms with Crippen molar-refractivity contribution in [2.45, 2.75) is 95.3 Å². The maximum atomic E-state index is 6.20. The summed E-state index contributed by atoms with van der Waals surface area (Å²) in [6.45, 7) is 2.51. The van der Waals surface area contributed by atoms with E-state index in [0.29, 0.717) is 6.04 Å². The summed E-state index contributed by atoms with van der Waals surface area (Å²) in [5, 5.41) is 3.81. The van der Waals surface area contributed by atoms with Crippen molar-refractivity contribution in [1.82, 2.24) is 4.90 Å². The second-order valence-corrected chi connectivity index (χ2v) is 10.1. The molecule has 4 fully saturated rings. The van der Waals surface area contributed by atoms with E-state index < -0.39 is 0 Å². The van der Waals surface area contributed by atoms with E-state index in [1.54, 1.807) is 0 Å². The largest absolute Gasteiger partial charge is 0.397 e. The van der Waals surface area contributed by atoms with E-state index in [-0.39, 0.29) is 0 Å². The third-order valence-corrected chi connectivity index (χ3v) is 8.34. The molecule has 0 spiro atoms. The van der Waals surface area contributed by atoms with Crippen molar-refractivity contribution in [2.24, 2.45) is 17.8 Å². The van der Waals surface area contributed by atoms with Gasteiger partial charge >= 0.3 is 0 Å². The number of nitrogens with zero attached hydrogens (tertiary/aromatic N) is 1. The monoisotopic (exact) mass is 367 g/mol. The topological polar surface area (TPSA) is 41.3 Å². The van der Waals surface area contributed by atoms with E-state index in [4.69, 9.17) is 5.73 Å². The molecule has 5 rings (SSSR count). The Labute approximate surface area is 165 Å². The lowest BCUT2D eigenvalue weighted by Crippen LogP contribution is -2.62. The van der Waals surface area contributed by atoms with Gasteiger partial charge in [-0.2, -0.15) is 0 Å². The summed E-state index contributed by atoms with van der Waals surface area (Å²) >= 11 is 0. The SMILES string of the molecule is C[C@@H]1CC[C@H]2C[C@@H](Nc3ccccc3N)C[C@@H]1N2[C@H]1C[C@@H]2CCC[C@@H](C2)C1. The number of anilines is 2. The highest BCUT2D eigenvalue weighted by Gasteiger charge is 2.46. The smallest absolute Gasteiger partial charge is 0.0576 e. The summed E-state index contributed by atoms with van der Waals surface area (Å²) in [4.78, 5) is 3.05. The maximum Gasteiger partial charge on any atom is 0.0576 e. The second-order valence-electron chi connectivity index (χ2n) is 10.1. The molecule has 2 aliphatic carbocycles. The van der Waals surface area contributed by atoms with E-state index in [0.717, 1.165) is 47.3 Å². The van der Waals surface area contributed by atoms with Crippen molar-refractivity contribution >= 4 is 11.4 Å². The third kappa shape index (κ3) is 3.48. The zero-order chi connectivity index (χ0) is 18.4. The third-order valence-electron chi connectivity index (χ3n) is 8.34. The fourth-order valence-electron chi connectivity index (χ4n) is 7.15. The fourth-order valence-corrected chi connectivity index (χ4v) is 7.15. The van der Waals surface area contributed by atoms with Crippen LogP contribution in [0.1, 0.15) is 71.1 Å². The van der Waals surface area contributed by atoms with Crippen molar-refractivity contribution in [1.29, 1.82) is 0 Å². The van der Waals surface area contributed by atoms with Gasteiger partial charge in [0, 0.05) is 24.2 Å². The Balaban J connectivity index is 1.32. The van der Waals surface area contributed by atoms with Gasteiger partial charge in [0.2, 0.25) is 0 Å². The number of nitrogens with two attached hydrogens (primary N) is 1. The Morgan fingerprint density at radius 2 is 1.67 bits per heavy atom. The van der Waals surface area contributed by atoms with Crippen LogP contribution in [0.15, 0.2) is 24.3 Å². The van der Waals surface area contributed by atoms with Gasteiger partial charge in [-0.15, -0.1) is 0 Å². The number of rotatable bonds is 3. The van der Waals surface area contributed by atoms with Crippen LogP contribution in [-0.4, -0.2) is 29.1 Å². The number of benzene rings is 1. The molecule has 1 aromatic carbocycles. The molecule has 2 heterocycles. The number of piperidine rings is 2. The molecule has 0 radical (unpaired) electrons. The number of nitrogen functional groups attached to an aromatic ring is 1. The molecule has 4 aliphatic rings. The molecule has 2 aliphatic heterocycles. The lowest BCUT2D eigenvalue weighted by Gasteiger charge is -2.57. The molecule has 2 saturated heterocycles. The molecule has 2 saturated carbocycles. The zero-order valence-electron chi connectivity index (χ0n) is 16.9. The van der Waals surface area contributed by atoms with Crippen LogP contribution < -0.4 is 11.1 Å². The predicted octanol–water partition coefficient (Wildman–Crippen LogP) is 5.28. The van der Waals surface area contributed by atoms with Gasteiger partial charge < -0.3 is 11.1 Å². The van der Waals surface area contributed by atoms with Crippen molar-refractivity contribution < 1.29 is 0 Å². The molecule has 1 aromatic rings. The molecular formula is C24H37N3. The number of hydrogen-bond acceptors (Lipinski definition) is 3. The van der Waals surface area contributed by atoms with Gasteiger partial charge in [0.05, 0.1) is 11.4 Å². The number of para-hydroxylation sites is 2. The summed E-state index contributed by atoms with van der Waals surface area (Å²) in [6.07, 6.45) is 14.4. The molecule has 3 heteroatoms. The molecule has 0 amide bonds. The van der Waals surface area contributed by atoms with Crippen molar-refractivity contribution in [3.05, 3.63) is 24.3 Å². The lowest BCUT2D eigenvalue weighted by molar-refractivity contribution is -0.0593. The molecule has 3 nitrogen and oxygen atoms in total. The zero-order valence-corrected chi connectivity index (χ0v) is 16.9. The van der Waals surface area contributed by atoms with E-state index in [9.17, 15) is 0 Å². The van der Waals surface area contributed by atoms with Crippen LogP contribution in [0, 0.1) is 17.8 Å². The molecule has 3 N–H and O–H groups in total. The lowest BCUT2D eigenvalue weighted by atomic mass is 9.67. The van der Waals surface area contributed by atoms with Gasteiger partial charge in [-0.1, -0.05) is 38.3 Å². The van der Waals surface area contributed by atoms with E-state index in [1.807, 2.05) is 12.1 Å². The Kier molecular flexibility index (Phi) is 4.83. The van der Waals surface area contributed by atoms with Gasteiger partial charge in [-0.05, 0) is 74.8 Å². The van der Waals surface area contributed by atoms with Crippen LogP contribution in [0.3, 0.4) is 0 Å². The quantitative estimate of drug-likeness (QED) is 0.714. The molecular weight excluding hydrogens is 330 g/mol. The van der Waals surface area contributed by atoms with Crippen molar-refractivity contribution in [3.63, 3.8) is 0 Å². The maximum absolute atomic E-state index is 6.20. The van der Waals surface area contributed by atoms with Crippen LogP contribution in [0.25, 0.3) is 0 Å². The van der Waals surface area contributed by atoms with Crippen LogP contribution in [-0.2, 0) is 0 Å². The van der Waals surface area contributed by atoms with Crippen LogP contribution >= 0.6 is 0 Å². The molecule has 0 aromatic heterocycles. The summed E-state index contributed by atoms with van der Waals surface area (Å²) in [5.41, 5.74) is 8.22. The molecule has 148 valence electrons. The average molecular weight is 368 g/mol. The Morgan fingerprint density at radius 1 is 0.889 bits per heavy atom. The standard InChI is InChI=1S/C24H37N3/c1-16-9-10-20-14-19(26-23-8-3-2-7-22(23)25)15-24(16)27(20)21-12-17-5-4-6-18(11-17)13-21/h2-3,7-8,16-21,24,26H,4-6,9-15,25H2,1H3/t16-,17-,18+,19-,20+,21+,24+/m1/s1. The Hall–Kier alpha value is -1.22. The minimum Gasteiger partial charge on any atom is -0.397 e. The van der Waals surface area contributed by atoms with Gasteiger partial charge in [-0.25, -0.2) is 0 Å². The van der Waals surface area contributed by atoms with Gasteiger partial charge in [0.25, 0.3) is 0 Å². The minimum absolute atomic E-state index is 0.576. The first-order valence-electron chi connectivity index (χ1n) is 11.6. The first-order chi connectivity index (χ1) is 13.2. The van der Waals surface area contributed by atoms with Crippen molar-refractivity contribution in [3.8, 4) is 0 Å². The highest BCUT2D eigenvalue weighted by atomic mass is 15.3. The molecule has 27 heavy (non-hydrogen) atoms. The molecule has 7 atom stereocenters. The number of fused-ring (bicyclic) bond motifs is 4. The first kappa shape index (κ1) is 17.8. The summed E-state index contributed by atoms with van der Waals surface area (Å²) in [5.74, 6) is 2.89. The number of nitrogens with one attached hydrogen (secondary N) is 1. The summed E-state index contributed by atoms with van der Waals surface area (Å²) in [7, 11) is 0. The van der Waals surface area contributed by atoms with E-state index >= 15 is 0 Å². The van der Waals surface area contributed by atoms with Gasteiger partial charge in [0.1, 0.15) is 0 Å². The Bertz CT molecular complexity index is 647. The highest BCUT2D eigenvalue weighted by molar-refractivity contribution is 5.66. The van der Waals surface area contributed by atoms with Crippen molar-refractivity contribution in [2.75, 3.05) is 11.1 Å². The van der Waals surface area contributed by atoms with E-state index in [2.05, 4.69) is 29.3 Å².